The molecule has 0 unspecified atom stereocenters. The summed E-state index contributed by atoms with van der Waals surface area (Å²) in [6.07, 6.45) is 9.77. The normalized spacial score (nSPS) is 10.2. The minimum absolute atomic E-state index is 1.13. The third kappa shape index (κ3) is 3.15. The van der Waals surface area contributed by atoms with E-state index in [9.17, 15) is 0 Å². The Bertz CT molecular complexity index is 279. The van der Waals surface area contributed by atoms with Crippen molar-refractivity contribution in [2.45, 2.75) is 13.8 Å². The molecule has 0 aliphatic carbocycles. The third-order valence-electron chi connectivity index (χ3n) is 1.40. The Kier molecular flexibility index (Phi) is 3.27. The van der Waals surface area contributed by atoms with Gasteiger partial charge in [0.15, 0.2) is 0 Å². The van der Waals surface area contributed by atoms with E-state index in [1.165, 1.54) is 5.57 Å². The van der Waals surface area contributed by atoms with Gasteiger partial charge in [0.2, 0.25) is 0 Å². The number of rotatable bonds is 2. The van der Waals surface area contributed by atoms with Crippen LogP contribution in [0.1, 0.15) is 19.4 Å². The lowest BCUT2D eigenvalue weighted by Crippen LogP contribution is -1.72. The molecule has 62 valence electrons. The van der Waals surface area contributed by atoms with Crippen LogP contribution >= 0.6 is 0 Å². The second-order valence-electron chi connectivity index (χ2n) is 2.89. The SMILES string of the molecule is CC(C)=C/C=C\c1cccnc1. The molecule has 0 radical (unpaired) electrons. The Balaban J connectivity index is 2.64. The van der Waals surface area contributed by atoms with Crippen molar-refractivity contribution in [2.24, 2.45) is 0 Å². The highest BCUT2D eigenvalue weighted by Gasteiger charge is 1.80. The van der Waals surface area contributed by atoms with Gasteiger partial charge in [-0.1, -0.05) is 29.9 Å². The number of hydrogen-bond acceptors (Lipinski definition) is 1. The van der Waals surface area contributed by atoms with Crippen LogP contribution in [0.5, 0.6) is 0 Å². The molecule has 0 fully saturated rings. The highest BCUT2D eigenvalue weighted by Crippen LogP contribution is 1.99. The third-order valence-corrected chi connectivity index (χ3v) is 1.40. The Morgan fingerprint density at radius 1 is 1.42 bits per heavy atom. The number of pyridine rings is 1. The monoisotopic (exact) mass is 159 g/mol. The zero-order chi connectivity index (χ0) is 8.81. The van der Waals surface area contributed by atoms with Gasteiger partial charge in [-0.25, -0.2) is 0 Å². The van der Waals surface area contributed by atoms with E-state index in [1.807, 2.05) is 30.5 Å². The molecule has 0 aliphatic rings. The van der Waals surface area contributed by atoms with Gasteiger partial charge in [-0.15, -0.1) is 0 Å². The molecule has 1 aromatic heterocycles. The quantitative estimate of drug-likeness (QED) is 0.604. The molecule has 0 amide bonds. The first-order valence-electron chi connectivity index (χ1n) is 4.00. The van der Waals surface area contributed by atoms with E-state index in [-0.39, 0.29) is 0 Å². The van der Waals surface area contributed by atoms with Crippen molar-refractivity contribution in [3.63, 3.8) is 0 Å². The van der Waals surface area contributed by atoms with E-state index in [0.717, 1.165) is 5.56 Å². The maximum absolute atomic E-state index is 4.01. The summed E-state index contributed by atoms with van der Waals surface area (Å²) in [7, 11) is 0. The summed E-state index contributed by atoms with van der Waals surface area (Å²) in [4.78, 5) is 4.01. The van der Waals surface area contributed by atoms with Crippen LogP contribution in [0.3, 0.4) is 0 Å². The van der Waals surface area contributed by atoms with Crippen molar-refractivity contribution in [1.82, 2.24) is 4.98 Å². The van der Waals surface area contributed by atoms with Crippen LogP contribution < -0.4 is 0 Å². The van der Waals surface area contributed by atoms with Gasteiger partial charge < -0.3 is 0 Å². The van der Waals surface area contributed by atoms with Crippen molar-refractivity contribution < 1.29 is 0 Å². The van der Waals surface area contributed by atoms with Crippen LogP contribution in [0.4, 0.5) is 0 Å². The predicted octanol–water partition coefficient (Wildman–Crippen LogP) is 3.06. The van der Waals surface area contributed by atoms with Crippen LogP contribution in [0.2, 0.25) is 0 Å². The molecule has 1 heterocycles. The summed E-state index contributed by atoms with van der Waals surface area (Å²) < 4.78 is 0. The van der Waals surface area contributed by atoms with E-state index in [4.69, 9.17) is 0 Å². The van der Waals surface area contributed by atoms with Gasteiger partial charge in [-0.2, -0.15) is 0 Å². The second-order valence-corrected chi connectivity index (χ2v) is 2.89. The molecule has 1 rings (SSSR count). The van der Waals surface area contributed by atoms with Gasteiger partial charge in [0.05, 0.1) is 0 Å². The van der Waals surface area contributed by atoms with Crippen LogP contribution in [-0.2, 0) is 0 Å². The van der Waals surface area contributed by atoms with Gasteiger partial charge in [-0.05, 0) is 25.5 Å². The average Bonchev–Trinajstić information content (AvgIpc) is 2.05. The summed E-state index contributed by atoms with van der Waals surface area (Å²) in [5, 5.41) is 0. The number of aromatic nitrogens is 1. The average molecular weight is 159 g/mol. The number of hydrogen-bond donors (Lipinski definition) is 0. The van der Waals surface area contributed by atoms with Crippen molar-refractivity contribution in [3.05, 3.63) is 47.8 Å². The first-order chi connectivity index (χ1) is 5.79. The van der Waals surface area contributed by atoms with Crippen LogP contribution in [-0.4, -0.2) is 4.98 Å². The first kappa shape index (κ1) is 8.72. The minimum atomic E-state index is 1.13. The Hall–Kier alpha value is -1.37. The summed E-state index contributed by atoms with van der Waals surface area (Å²) in [5.41, 5.74) is 2.44. The molecule has 1 heteroatoms. The van der Waals surface area contributed by atoms with Gasteiger partial charge in [-0.3, -0.25) is 4.98 Å². The molecule has 0 spiro atoms. The van der Waals surface area contributed by atoms with Crippen LogP contribution in [0.15, 0.2) is 42.3 Å². The van der Waals surface area contributed by atoms with Gasteiger partial charge >= 0.3 is 0 Å². The summed E-state index contributed by atoms with van der Waals surface area (Å²) in [6, 6.07) is 3.96. The van der Waals surface area contributed by atoms with Crippen LogP contribution in [0, 0.1) is 0 Å². The lowest BCUT2D eigenvalue weighted by Gasteiger charge is -1.88. The fourth-order valence-corrected chi connectivity index (χ4v) is 0.826. The summed E-state index contributed by atoms with van der Waals surface area (Å²) >= 11 is 0. The topological polar surface area (TPSA) is 12.9 Å². The van der Waals surface area contributed by atoms with Gasteiger partial charge in [0.1, 0.15) is 0 Å². The smallest absolute Gasteiger partial charge is 0.0340 e. The summed E-state index contributed by atoms with van der Waals surface area (Å²) in [5.74, 6) is 0. The van der Waals surface area contributed by atoms with E-state index < -0.39 is 0 Å². The van der Waals surface area contributed by atoms with Gasteiger partial charge in [0.25, 0.3) is 0 Å². The lowest BCUT2D eigenvalue weighted by atomic mass is 10.2. The van der Waals surface area contributed by atoms with E-state index in [2.05, 4.69) is 24.9 Å². The van der Waals surface area contributed by atoms with Crippen molar-refractivity contribution >= 4 is 6.08 Å². The summed E-state index contributed by atoms with van der Waals surface area (Å²) in [6.45, 7) is 4.15. The van der Waals surface area contributed by atoms with Crippen LogP contribution in [0.25, 0.3) is 6.08 Å². The number of nitrogens with zero attached hydrogens (tertiary/aromatic N) is 1. The first-order valence-corrected chi connectivity index (χ1v) is 4.00. The number of allylic oxidation sites excluding steroid dienone is 3. The molecule has 0 saturated heterocycles. The molecule has 12 heavy (non-hydrogen) atoms. The molecule has 1 nitrogen and oxygen atoms in total. The molecule has 0 aliphatic heterocycles. The van der Waals surface area contributed by atoms with Gasteiger partial charge in [0, 0.05) is 12.4 Å². The zero-order valence-electron chi connectivity index (χ0n) is 7.49. The molecule has 0 N–H and O–H groups in total. The molecule has 1 aromatic rings. The second kappa shape index (κ2) is 4.50. The maximum Gasteiger partial charge on any atom is 0.0340 e. The largest absolute Gasteiger partial charge is 0.264 e. The van der Waals surface area contributed by atoms with Crippen molar-refractivity contribution in [1.29, 1.82) is 0 Å². The minimum Gasteiger partial charge on any atom is -0.264 e. The Morgan fingerprint density at radius 3 is 2.83 bits per heavy atom. The van der Waals surface area contributed by atoms with E-state index in [0.29, 0.717) is 0 Å². The van der Waals surface area contributed by atoms with E-state index in [1.54, 1.807) is 6.20 Å². The fraction of sp³-hybridized carbons (Fsp3) is 0.182. The molecule has 0 aromatic carbocycles. The highest BCUT2D eigenvalue weighted by atomic mass is 14.6. The molecule has 0 saturated carbocycles. The lowest BCUT2D eigenvalue weighted by molar-refractivity contribution is 1.32. The fourth-order valence-electron chi connectivity index (χ4n) is 0.826. The predicted molar refractivity (Wildman–Crippen MR) is 52.7 cm³/mol. The molecular formula is C11H13N. The highest BCUT2D eigenvalue weighted by molar-refractivity contribution is 5.49. The van der Waals surface area contributed by atoms with Crippen molar-refractivity contribution in [2.75, 3.05) is 0 Å². The Labute approximate surface area is 73.5 Å². The zero-order valence-corrected chi connectivity index (χ0v) is 7.49. The molecular weight excluding hydrogens is 146 g/mol. The maximum atomic E-state index is 4.01. The molecule has 0 bridgehead atoms. The van der Waals surface area contributed by atoms with E-state index >= 15 is 0 Å². The Morgan fingerprint density at radius 2 is 2.25 bits per heavy atom. The molecule has 0 atom stereocenters. The standard InChI is InChI=1S/C11H13N/c1-10(2)5-3-6-11-7-4-8-12-9-11/h3-9H,1-2H3/b6-3-. The van der Waals surface area contributed by atoms with Crippen molar-refractivity contribution in [3.8, 4) is 0 Å².